The van der Waals surface area contributed by atoms with Crippen molar-refractivity contribution in [1.82, 2.24) is 0 Å². The van der Waals surface area contributed by atoms with Crippen molar-refractivity contribution in [2.45, 2.75) is 12.5 Å². The summed E-state index contributed by atoms with van der Waals surface area (Å²) < 4.78 is 40.6. The van der Waals surface area contributed by atoms with Crippen molar-refractivity contribution in [2.24, 2.45) is 0 Å². The van der Waals surface area contributed by atoms with Crippen molar-refractivity contribution in [3.8, 4) is 5.75 Å². The molecule has 0 aliphatic heterocycles. The van der Waals surface area contributed by atoms with Gasteiger partial charge < -0.3 is 9.84 Å². The van der Waals surface area contributed by atoms with Gasteiger partial charge in [-0.2, -0.15) is 8.78 Å². The largest absolute Gasteiger partial charge is 0.432 e. The lowest BCUT2D eigenvalue weighted by atomic mass is 10.0. The van der Waals surface area contributed by atoms with Crippen molar-refractivity contribution in [3.05, 3.63) is 36.5 Å². The van der Waals surface area contributed by atoms with Crippen LogP contribution < -0.4 is 4.74 Å². The van der Waals surface area contributed by atoms with Crippen LogP contribution in [0, 0.1) is 12.7 Å². The van der Waals surface area contributed by atoms with Gasteiger partial charge in [-0.25, -0.2) is 4.39 Å². The molecule has 0 aliphatic carbocycles. The summed E-state index contributed by atoms with van der Waals surface area (Å²) in [5.41, 5.74) is 0.427. The van der Waals surface area contributed by atoms with Crippen LogP contribution in [0.1, 0.15) is 11.5 Å². The first-order valence-electron chi connectivity index (χ1n) is 4.22. The first kappa shape index (κ1) is 11.8. The molecule has 1 unspecified atom stereocenters. The molecule has 15 heavy (non-hydrogen) atoms. The van der Waals surface area contributed by atoms with Crippen molar-refractivity contribution in [2.75, 3.05) is 6.61 Å². The number of hydrogen-bond donors (Lipinski definition) is 1. The van der Waals surface area contributed by atoms with Gasteiger partial charge in [-0.05, 0) is 24.6 Å². The Kier molecular flexibility index (Phi) is 3.96. The van der Waals surface area contributed by atoms with E-state index in [1.165, 1.54) is 6.07 Å². The van der Waals surface area contributed by atoms with E-state index < -0.39 is 24.1 Å². The molecule has 0 heterocycles. The van der Waals surface area contributed by atoms with Gasteiger partial charge in [0, 0.05) is 12.5 Å². The Morgan fingerprint density at radius 2 is 2.07 bits per heavy atom. The summed E-state index contributed by atoms with van der Waals surface area (Å²) in [6.45, 7) is 0.255. The normalized spacial score (nSPS) is 12.9. The van der Waals surface area contributed by atoms with E-state index in [1.54, 1.807) is 0 Å². The molecular formula is C10H10F3O2. The molecule has 1 aromatic rings. The molecule has 1 radical (unpaired) electrons. The Bertz CT molecular complexity index is 328. The van der Waals surface area contributed by atoms with E-state index in [0.29, 0.717) is 5.56 Å². The number of alkyl halides is 2. The summed E-state index contributed by atoms with van der Waals surface area (Å²) in [5, 5.41) is 8.76. The van der Waals surface area contributed by atoms with Gasteiger partial charge >= 0.3 is 6.61 Å². The molecule has 0 fully saturated rings. The zero-order valence-corrected chi connectivity index (χ0v) is 7.79. The third kappa shape index (κ3) is 3.13. The molecule has 0 amide bonds. The summed E-state index contributed by atoms with van der Waals surface area (Å²) in [4.78, 5) is 0. The maximum atomic E-state index is 13.1. The van der Waals surface area contributed by atoms with Gasteiger partial charge in [0.05, 0.1) is 0 Å². The number of ether oxygens (including phenoxy) is 1. The molecule has 0 aliphatic rings. The molecule has 0 aromatic heterocycles. The van der Waals surface area contributed by atoms with Gasteiger partial charge in [0.2, 0.25) is 0 Å². The highest BCUT2D eigenvalue weighted by atomic mass is 19.3. The molecule has 2 nitrogen and oxygen atoms in total. The van der Waals surface area contributed by atoms with Crippen LogP contribution in [0.15, 0.2) is 18.2 Å². The SMILES string of the molecule is [CH2]C(CO)c1ccc(OC(F)F)c(F)c1. The van der Waals surface area contributed by atoms with Gasteiger partial charge in [-0.3, -0.25) is 0 Å². The van der Waals surface area contributed by atoms with Crippen molar-refractivity contribution in [1.29, 1.82) is 0 Å². The summed E-state index contributed by atoms with van der Waals surface area (Å²) in [6, 6.07) is 3.49. The number of rotatable bonds is 4. The fourth-order valence-electron chi connectivity index (χ4n) is 1.07. The molecule has 0 saturated heterocycles. The van der Waals surface area contributed by atoms with Crippen LogP contribution in [-0.4, -0.2) is 18.3 Å². The Hall–Kier alpha value is -1.23. The molecule has 0 saturated carbocycles. The molecule has 1 rings (SSSR count). The second-order valence-corrected chi connectivity index (χ2v) is 2.95. The predicted octanol–water partition coefficient (Wildman–Crippen LogP) is 2.34. The average molecular weight is 219 g/mol. The van der Waals surface area contributed by atoms with Crippen LogP contribution in [0.3, 0.4) is 0 Å². The fourth-order valence-corrected chi connectivity index (χ4v) is 1.07. The highest BCUT2D eigenvalue weighted by Crippen LogP contribution is 2.23. The summed E-state index contributed by atoms with van der Waals surface area (Å²) in [7, 11) is 0. The summed E-state index contributed by atoms with van der Waals surface area (Å²) in [6.07, 6.45) is 0. The quantitative estimate of drug-likeness (QED) is 0.842. The van der Waals surface area contributed by atoms with Crippen molar-refractivity contribution >= 4 is 0 Å². The van der Waals surface area contributed by atoms with Gasteiger partial charge in [0.1, 0.15) is 0 Å². The monoisotopic (exact) mass is 219 g/mol. The zero-order chi connectivity index (χ0) is 11.4. The minimum Gasteiger partial charge on any atom is -0.432 e. The van der Waals surface area contributed by atoms with Gasteiger partial charge in [0.25, 0.3) is 0 Å². The minimum absolute atomic E-state index is 0.242. The third-order valence-electron chi connectivity index (χ3n) is 1.86. The van der Waals surface area contributed by atoms with E-state index in [-0.39, 0.29) is 6.61 Å². The first-order valence-corrected chi connectivity index (χ1v) is 4.22. The Balaban J connectivity index is 2.88. The highest BCUT2D eigenvalue weighted by Gasteiger charge is 2.12. The third-order valence-corrected chi connectivity index (χ3v) is 1.86. The minimum atomic E-state index is -3.06. The topological polar surface area (TPSA) is 29.5 Å². The van der Waals surface area contributed by atoms with E-state index in [0.717, 1.165) is 12.1 Å². The second kappa shape index (κ2) is 5.02. The Labute approximate surface area is 85.3 Å². The lowest BCUT2D eigenvalue weighted by Crippen LogP contribution is -2.05. The summed E-state index contributed by atoms with van der Waals surface area (Å²) >= 11 is 0. The molecule has 5 heteroatoms. The lowest BCUT2D eigenvalue weighted by Gasteiger charge is -2.10. The lowest BCUT2D eigenvalue weighted by molar-refractivity contribution is -0.0522. The van der Waals surface area contributed by atoms with Gasteiger partial charge in [-0.1, -0.05) is 6.07 Å². The van der Waals surface area contributed by atoms with E-state index in [9.17, 15) is 13.2 Å². The van der Waals surface area contributed by atoms with E-state index in [2.05, 4.69) is 11.7 Å². The maximum Gasteiger partial charge on any atom is 0.387 e. The van der Waals surface area contributed by atoms with Crippen molar-refractivity contribution < 1.29 is 23.0 Å². The number of aliphatic hydroxyl groups excluding tert-OH is 1. The van der Waals surface area contributed by atoms with Crippen LogP contribution in [0.4, 0.5) is 13.2 Å². The molecule has 83 valence electrons. The molecule has 0 spiro atoms. The first-order chi connectivity index (χ1) is 7.04. The average Bonchev–Trinajstić information content (AvgIpc) is 2.19. The molecular weight excluding hydrogens is 209 g/mol. The maximum absolute atomic E-state index is 13.1. The smallest absolute Gasteiger partial charge is 0.387 e. The molecule has 0 bridgehead atoms. The zero-order valence-electron chi connectivity index (χ0n) is 7.79. The van der Waals surface area contributed by atoms with Gasteiger partial charge in [0.15, 0.2) is 11.6 Å². The predicted molar refractivity (Wildman–Crippen MR) is 48.2 cm³/mol. The highest BCUT2D eigenvalue weighted by molar-refractivity contribution is 5.31. The van der Waals surface area contributed by atoms with Crippen LogP contribution in [-0.2, 0) is 0 Å². The molecule has 1 atom stereocenters. The number of halogens is 3. The van der Waals surface area contributed by atoms with E-state index >= 15 is 0 Å². The van der Waals surface area contributed by atoms with Crippen LogP contribution in [0.5, 0.6) is 5.75 Å². The van der Waals surface area contributed by atoms with Crippen LogP contribution >= 0.6 is 0 Å². The molecule has 1 aromatic carbocycles. The van der Waals surface area contributed by atoms with Crippen molar-refractivity contribution in [3.63, 3.8) is 0 Å². The fraction of sp³-hybridized carbons (Fsp3) is 0.300. The van der Waals surface area contributed by atoms with E-state index in [1.807, 2.05) is 0 Å². The van der Waals surface area contributed by atoms with Gasteiger partial charge in [-0.15, -0.1) is 0 Å². The van der Waals surface area contributed by atoms with Crippen LogP contribution in [0.25, 0.3) is 0 Å². The number of aliphatic hydroxyl groups is 1. The Morgan fingerprint density at radius 3 is 2.53 bits per heavy atom. The summed E-state index contributed by atoms with van der Waals surface area (Å²) in [5.74, 6) is -1.89. The van der Waals surface area contributed by atoms with E-state index in [4.69, 9.17) is 5.11 Å². The number of benzene rings is 1. The second-order valence-electron chi connectivity index (χ2n) is 2.95. The van der Waals surface area contributed by atoms with Crippen LogP contribution in [0.2, 0.25) is 0 Å². The Morgan fingerprint density at radius 1 is 1.40 bits per heavy atom. The molecule has 1 N–H and O–H groups in total. The standard InChI is InChI=1S/C10H10F3O2/c1-6(5-14)7-2-3-9(8(11)4-7)15-10(12)13/h2-4,6,10,14H,1,5H2. The number of hydrogen-bond acceptors (Lipinski definition) is 2.